The van der Waals surface area contributed by atoms with Gasteiger partial charge in [0, 0.05) is 0 Å². The zero-order valence-corrected chi connectivity index (χ0v) is 6.68. The third kappa shape index (κ3) is 1.58. The minimum Gasteiger partial charge on any atom is -0.873 e. The summed E-state index contributed by atoms with van der Waals surface area (Å²) < 4.78 is 0. The zero-order chi connectivity index (χ0) is 10.9. The molecular formula is C8H4O6-2. The Bertz CT molecular complexity index is 409. The molecule has 0 amide bonds. The maximum absolute atomic E-state index is 10.9. The van der Waals surface area contributed by atoms with Crippen LogP contribution in [0, 0.1) is 0 Å². The Hall–Kier alpha value is -2.24. The van der Waals surface area contributed by atoms with Crippen LogP contribution in [0.5, 0.6) is 11.5 Å². The number of hydrogen-bond acceptors (Lipinski definition) is 4. The van der Waals surface area contributed by atoms with E-state index in [0.717, 1.165) is 0 Å². The van der Waals surface area contributed by atoms with Crippen molar-refractivity contribution < 1.29 is 30.0 Å². The molecule has 0 fully saturated rings. The first-order chi connectivity index (χ1) is 6.43. The molecule has 0 unspecified atom stereocenters. The highest BCUT2D eigenvalue weighted by molar-refractivity contribution is 5.96. The summed E-state index contributed by atoms with van der Waals surface area (Å²) >= 11 is 0. The standard InChI is InChI=1S/C8H6O6/c9-5-2-3(7(11)12)1-4(6(5)10)8(13)14/h1-2,9-10H,(H,11,12)(H,13,14)/p-2. The minimum absolute atomic E-state index is 0.507. The van der Waals surface area contributed by atoms with Crippen LogP contribution in [0.1, 0.15) is 20.7 Å². The van der Waals surface area contributed by atoms with Gasteiger partial charge < -0.3 is 20.4 Å². The summed E-state index contributed by atoms with van der Waals surface area (Å²) in [6.07, 6.45) is 0. The van der Waals surface area contributed by atoms with Gasteiger partial charge in [0.2, 0.25) is 0 Å². The van der Waals surface area contributed by atoms with E-state index < -0.39 is 34.6 Å². The predicted octanol–water partition coefficient (Wildman–Crippen LogP) is -0.770. The van der Waals surface area contributed by atoms with Crippen molar-refractivity contribution in [2.45, 2.75) is 0 Å². The first-order valence-corrected chi connectivity index (χ1v) is 3.42. The molecule has 6 nitrogen and oxygen atoms in total. The topological polar surface area (TPSA) is 121 Å². The molecule has 1 aromatic rings. The average molecular weight is 196 g/mol. The first-order valence-electron chi connectivity index (χ1n) is 3.42. The Kier molecular flexibility index (Phi) is 2.29. The highest BCUT2D eigenvalue weighted by Crippen LogP contribution is 2.25. The van der Waals surface area contributed by atoms with E-state index in [1.165, 1.54) is 0 Å². The van der Waals surface area contributed by atoms with Crippen molar-refractivity contribution >= 4 is 11.9 Å². The van der Waals surface area contributed by atoms with Gasteiger partial charge in [-0.25, -0.2) is 9.59 Å². The number of carbonyl (C=O) groups is 2. The second-order valence-corrected chi connectivity index (χ2v) is 2.46. The van der Waals surface area contributed by atoms with Gasteiger partial charge in [-0.15, -0.1) is 11.5 Å². The van der Waals surface area contributed by atoms with Crippen LogP contribution >= 0.6 is 0 Å². The van der Waals surface area contributed by atoms with Crippen molar-refractivity contribution in [1.29, 1.82) is 0 Å². The molecule has 14 heavy (non-hydrogen) atoms. The molecule has 0 atom stereocenters. The van der Waals surface area contributed by atoms with Crippen molar-refractivity contribution in [1.82, 2.24) is 0 Å². The predicted molar refractivity (Wildman–Crippen MR) is 39.3 cm³/mol. The smallest absolute Gasteiger partial charge is 0.335 e. The second-order valence-electron chi connectivity index (χ2n) is 2.46. The molecule has 1 aromatic carbocycles. The zero-order valence-electron chi connectivity index (χ0n) is 6.68. The van der Waals surface area contributed by atoms with Crippen molar-refractivity contribution in [3.8, 4) is 11.5 Å². The molecular weight excluding hydrogens is 192 g/mol. The molecule has 0 heterocycles. The van der Waals surface area contributed by atoms with Crippen molar-refractivity contribution in [3.63, 3.8) is 0 Å². The van der Waals surface area contributed by atoms with Gasteiger partial charge in [-0.2, -0.15) is 0 Å². The van der Waals surface area contributed by atoms with Crippen LogP contribution in [-0.2, 0) is 0 Å². The average Bonchev–Trinajstić information content (AvgIpc) is 2.08. The number of benzene rings is 1. The third-order valence-corrected chi connectivity index (χ3v) is 1.53. The molecule has 0 spiro atoms. The number of carboxylic acid groups (broad SMARTS) is 2. The van der Waals surface area contributed by atoms with Crippen LogP contribution in [-0.4, -0.2) is 22.2 Å². The van der Waals surface area contributed by atoms with E-state index in [1.54, 1.807) is 0 Å². The number of aromatic carboxylic acids is 2. The maximum Gasteiger partial charge on any atom is 0.335 e. The quantitative estimate of drug-likeness (QED) is 0.640. The van der Waals surface area contributed by atoms with Crippen LogP contribution in [0.4, 0.5) is 0 Å². The molecule has 0 aliphatic rings. The van der Waals surface area contributed by atoms with E-state index in [9.17, 15) is 19.8 Å². The monoisotopic (exact) mass is 196 g/mol. The fourth-order valence-corrected chi connectivity index (χ4v) is 0.885. The van der Waals surface area contributed by atoms with Gasteiger partial charge in [-0.3, -0.25) is 0 Å². The van der Waals surface area contributed by atoms with E-state index in [1.807, 2.05) is 0 Å². The lowest BCUT2D eigenvalue weighted by Crippen LogP contribution is -2.10. The molecule has 6 heteroatoms. The molecule has 0 aliphatic carbocycles. The van der Waals surface area contributed by atoms with Gasteiger partial charge in [0.25, 0.3) is 0 Å². The Morgan fingerprint density at radius 3 is 2.07 bits per heavy atom. The van der Waals surface area contributed by atoms with Crippen molar-refractivity contribution in [2.75, 3.05) is 0 Å². The van der Waals surface area contributed by atoms with Gasteiger partial charge in [0.05, 0.1) is 11.1 Å². The Labute approximate surface area is 77.7 Å². The van der Waals surface area contributed by atoms with Crippen LogP contribution in [0.25, 0.3) is 0 Å². The van der Waals surface area contributed by atoms with Crippen molar-refractivity contribution in [3.05, 3.63) is 23.3 Å². The molecule has 1 rings (SSSR count). The highest BCUT2D eigenvalue weighted by atomic mass is 16.4. The Morgan fingerprint density at radius 1 is 1.07 bits per heavy atom. The van der Waals surface area contributed by atoms with Gasteiger partial charge in [0.1, 0.15) is 0 Å². The molecule has 0 bridgehead atoms. The molecule has 0 aromatic heterocycles. The SMILES string of the molecule is O=C(O)c1cc([O-])c([O-])c(C(=O)O)c1. The molecule has 0 saturated heterocycles. The van der Waals surface area contributed by atoms with Gasteiger partial charge in [-0.05, 0) is 6.07 Å². The maximum atomic E-state index is 10.9. The summed E-state index contributed by atoms with van der Waals surface area (Å²) in [5.74, 6) is -5.41. The van der Waals surface area contributed by atoms with Crippen LogP contribution < -0.4 is 10.2 Å². The lowest BCUT2D eigenvalue weighted by atomic mass is 10.1. The summed E-state index contributed by atoms with van der Waals surface area (Å²) in [4.78, 5) is 20.8. The molecule has 2 N–H and O–H groups in total. The number of rotatable bonds is 2. The molecule has 0 aliphatic heterocycles. The normalized spacial score (nSPS) is 9.71. The van der Waals surface area contributed by atoms with Gasteiger partial charge in [-0.1, -0.05) is 6.07 Å². The summed E-state index contributed by atoms with van der Waals surface area (Å²) in [5, 5.41) is 38.7. The first kappa shape index (κ1) is 9.85. The summed E-state index contributed by atoms with van der Waals surface area (Å²) in [5.41, 5.74) is -1.33. The Balaban J connectivity index is 3.43. The van der Waals surface area contributed by atoms with Crippen LogP contribution in [0.15, 0.2) is 12.1 Å². The third-order valence-electron chi connectivity index (χ3n) is 1.53. The van der Waals surface area contributed by atoms with E-state index in [4.69, 9.17) is 10.2 Å². The summed E-state index contributed by atoms with van der Waals surface area (Å²) in [6, 6.07) is 1.26. The lowest BCUT2D eigenvalue weighted by molar-refractivity contribution is -0.317. The lowest BCUT2D eigenvalue weighted by Gasteiger charge is -2.20. The van der Waals surface area contributed by atoms with Crippen LogP contribution in [0.3, 0.4) is 0 Å². The highest BCUT2D eigenvalue weighted by Gasteiger charge is 2.09. The Morgan fingerprint density at radius 2 is 1.64 bits per heavy atom. The summed E-state index contributed by atoms with van der Waals surface area (Å²) in [6.45, 7) is 0. The van der Waals surface area contributed by atoms with Gasteiger partial charge >= 0.3 is 11.9 Å². The molecule has 74 valence electrons. The van der Waals surface area contributed by atoms with E-state index in [2.05, 4.69) is 0 Å². The largest absolute Gasteiger partial charge is 0.873 e. The fourth-order valence-electron chi connectivity index (χ4n) is 0.885. The van der Waals surface area contributed by atoms with E-state index in [-0.39, 0.29) is 0 Å². The fraction of sp³-hybridized carbons (Fsp3) is 0. The van der Waals surface area contributed by atoms with E-state index >= 15 is 0 Å². The minimum atomic E-state index is -1.62. The van der Waals surface area contributed by atoms with E-state index in [0.29, 0.717) is 12.1 Å². The summed E-state index contributed by atoms with van der Waals surface area (Å²) in [7, 11) is 0. The molecule has 0 radical (unpaired) electrons. The van der Waals surface area contributed by atoms with Gasteiger partial charge in [0.15, 0.2) is 0 Å². The van der Waals surface area contributed by atoms with Crippen LogP contribution in [0.2, 0.25) is 0 Å². The number of carboxylic acids is 2. The number of hydrogen-bond donors (Lipinski definition) is 2. The second kappa shape index (κ2) is 3.25. The van der Waals surface area contributed by atoms with Crippen molar-refractivity contribution in [2.24, 2.45) is 0 Å². The molecule has 0 saturated carbocycles.